The third-order valence-electron chi connectivity index (χ3n) is 2.99. The van der Waals surface area contributed by atoms with Gasteiger partial charge in [-0.05, 0) is 6.92 Å². The van der Waals surface area contributed by atoms with E-state index in [0.29, 0.717) is 22.9 Å². The SMILES string of the molecule is COc1cc(NS(=O)(=O)c2cn[nH]c2C)cc(OC)c1OC. The first-order chi connectivity index (χ1) is 10.4. The normalized spacial score (nSPS) is 11.1. The molecule has 0 saturated heterocycles. The quantitative estimate of drug-likeness (QED) is 0.834. The Morgan fingerprint density at radius 2 is 1.68 bits per heavy atom. The van der Waals surface area contributed by atoms with Gasteiger partial charge in [-0.2, -0.15) is 5.10 Å². The number of nitrogens with one attached hydrogen (secondary N) is 2. The van der Waals surface area contributed by atoms with Gasteiger partial charge in [0.25, 0.3) is 10.0 Å². The molecule has 0 radical (unpaired) electrons. The second kappa shape index (κ2) is 6.14. The van der Waals surface area contributed by atoms with Crippen molar-refractivity contribution in [1.82, 2.24) is 10.2 Å². The molecule has 0 bridgehead atoms. The molecule has 0 fully saturated rings. The van der Waals surface area contributed by atoms with Crippen molar-refractivity contribution in [2.75, 3.05) is 26.1 Å². The van der Waals surface area contributed by atoms with E-state index in [2.05, 4.69) is 14.9 Å². The summed E-state index contributed by atoms with van der Waals surface area (Å²) < 4.78 is 42.7. The highest BCUT2D eigenvalue weighted by molar-refractivity contribution is 7.92. The third-order valence-corrected chi connectivity index (χ3v) is 4.49. The lowest BCUT2D eigenvalue weighted by Crippen LogP contribution is -2.13. The van der Waals surface area contributed by atoms with Gasteiger partial charge in [0.05, 0.1) is 38.9 Å². The summed E-state index contributed by atoms with van der Waals surface area (Å²) >= 11 is 0. The van der Waals surface area contributed by atoms with Crippen LogP contribution in [0.3, 0.4) is 0 Å². The molecule has 0 aliphatic heterocycles. The summed E-state index contributed by atoms with van der Waals surface area (Å²) in [7, 11) is 0.614. The van der Waals surface area contributed by atoms with E-state index in [-0.39, 0.29) is 10.6 Å². The fraction of sp³-hybridized carbons (Fsp3) is 0.308. The molecular formula is C13H17N3O5S. The number of anilines is 1. The molecule has 0 saturated carbocycles. The zero-order valence-corrected chi connectivity index (χ0v) is 13.4. The molecule has 1 heterocycles. The number of methoxy groups -OCH3 is 3. The van der Waals surface area contributed by atoms with Crippen molar-refractivity contribution in [3.05, 3.63) is 24.0 Å². The Kier molecular flexibility index (Phi) is 4.45. The number of hydrogen-bond acceptors (Lipinski definition) is 6. The molecule has 22 heavy (non-hydrogen) atoms. The van der Waals surface area contributed by atoms with Crippen LogP contribution in [0.2, 0.25) is 0 Å². The maximum absolute atomic E-state index is 12.4. The number of aromatic amines is 1. The maximum atomic E-state index is 12.4. The molecule has 0 atom stereocenters. The van der Waals surface area contributed by atoms with Crippen LogP contribution in [0.4, 0.5) is 5.69 Å². The highest BCUT2D eigenvalue weighted by Crippen LogP contribution is 2.40. The Hall–Kier alpha value is -2.42. The predicted molar refractivity (Wildman–Crippen MR) is 80.2 cm³/mol. The number of H-pyrrole nitrogens is 1. The number of rotatable bonds is 6. The van der Waals surface area contributed by atoms with E-state index in [0.717, 1.165) is 0 Å². The summed E-state index contributed by atoms with van der Waals surface area (Å²) in [5, 5.41) is 6.30. The molecule has 0 unspecified atom stereocenters. The summed E-state index contributed by atoms with van der Waals surface area (Å²) in [6, 6.07) is 3.02. The Labute approximate surface area is 128 Å². The largest absolute Gasteiger partial charge is 0.493 e. The van der Waals surface area contributed by atoms with E-state index in [1.807, 2.05) is 0 Å². The molecule has 1 aromatic heterocycles. The van der Waals surface area contributed by atoms with Crippen molar-refractivity contribution >= 4 is 15.7 Å². The van der Waals surface area contributed by atoms with Gasteiger partial charge in [0.2, 0.25) is 5.75 Å². The van der Waals surface area contributed by atoms with E-state index >= 15 is 0 Å². The van der Waals surface area contributed by atoms with Gasteiger partial charge in [-0.25, -0.2) is 8.42 Å². The first kappa shape index (κ1) is 16.0. The van der Waals surface area contributed by atoms with Gasteiger partial charge < -0.3 is 14.2 Å². The van der Waals surface area contributed by atoms with E-state index in [1.54, 1.807) is 6.92 Å². The number of aromatic nitrogens is 2. The minimum Gasteiger partial charge on any atom is -0.493 e. The fourth-order valence-electron chi connectivity index (χ4n) is 1.96. The van der Waals surface area contributed by atoms with Crippen LogP contribution >= 0.6 is 0 Å². The summed E-state index contributed by atoms with van der Waals surface area (Å²) in [6.07, 6.45) is 1.25. The average molecular weight is 327 g/mol. The van der Waals surface area contributed by atoms with Gasteiger partial charge in [-0.3, -0.25) is 9.82 Å². The van der Waals surface area contributed by atoms with Crippen LogP contribution in [0.5, 0.6) is 17.2 Å². The minimum atomic E-state index is -3.77. The summed E-state index contributed by atoms with van der Waals surface area (Å²) in [4.78, 5) is 0.0706. The Morgan fingerprint density at radius 3 is 2.09 bits per heavy atom. The Bertz CT molecular complexity index is 745. The Balaban J connectivity index is 2.44. The number of aryl methyl sites for hydroxylation is 1. The zero-order chi connectivity index (χ0) is 16.3. The molecule has 0 amide bonds. The molecule has 0 aliphatic rings. The lowest BCUT2D eigenvalue weighted by molar-refractivity contribution is 0.325. The lowest BCUT2D eigenvalue weighted by Gasteiger charge is -2.15. The van der Waals surface area contributed by atoms with E-state index in [9.17, 15) is 8.42 Å². The number of hydrogen-bond donors (Lipinski definition) is 2. The standard InChI is InChI=1S/C13H17N3O5S/c1-8-12(7-14-15-8)22(17,18)16-9-5-10(19-2)13(21-4)11(6-9)20-3/h5-7,16H,1-4H3,(H,14,15). The number of ether oxygens (including phenoxy) is 3. The van der Waals surface area contributed by atoms with Gasteiger partial charge in [-0.1, -0.05) is 0 Å². The van der Waals surface area contributed by atoms with E-state index in [4.69, 9.17) is 14.2 Å². The summed E-state index contributed by atoms with van der Waals surface area (Å²) in [6.45, 7) is 1.62. The van der Waals surface area contributed by atoms with Gasteiger partial charge in [0.1, 0.15) is 4.90 Å². The summed E-state index contributed by atoms with van der Waals surface area (Å²) in [5.74, 6) is 1.08. The van der Waals surface area contributed by atoms with Gasteiger partial charge >= 0.3 is 0 Å². The zero-order valence-electron chi connectivity index (χ0n) is 12.6. The molecule has 0 aliphatic carbocycles. The topological polar surface area (TPSA) is 103 Å². The molecule has 2 N–H and O–H groups in total. The highest BCUT2D eigenvalue weighted by Gasteiger charge is 2.21. The van der Waals surface area contributed by atoms with Crippen LogP contribution < -0.4 is 18.9 Å². The minimum absolute atomic E-state index is 0.0706. The van der Waals surface area contributed by atoms with Gasteiger partial charge in [0, 0.05) is 12.1 Å². The molecule has 8 nitrogen and oxygen atoms in total. The molecule has 2 aromatic rings. The predicted octanol–water partition coefficient (Wildman–Crippen LogP) is 1.54. The number of sulfonamides is 1. The van der Waals surface area contributed by atoms with Crippen LogP contribution in [-0.4, -0.2) is 39.9 Å². The van der Waals surface area contributed by atoms with Crippen LogP contribution in [0, 0.1) is 6.92 Å². The second-order valence-electron chi connectivity index (χ2n) is 4.38. The van der Waals surface area contributed by atoms with Crippen molar-refractivity contribution in [3.8, 4) is 17.2 Å². The lowest BCUT2D eigenvalue weighted by atomic mass is 10.2. The van der Waals surface area contributed by atoms with Crippen LogP contribution in [0.15, 0.2) is 23.2 Å². The van der Waals surface area contributed by atoms with E-state index < -0.39 is 10.0 Å². The fourth-order valence-corrected chi connectivity index (χ4v) is 3.14. The molecule has 120 valence electrons. The van der Waals surface area contributed by atoms with Gasteiger partial charge in [-0.15, -0.1) is 0 Å². The maximum Gasteiger partial charge on any atom is 0.265 e. The average Bonchev–Trinajstić information content (AvgIpc) is 2.92. The summed E-state index contributed by atoms with van der Waals surface area (Å²) in [5.41, 5.74) is 0.732. The number of nitrogens with zero attached hydrogens (tertiary/aromatic N) is 1. The van der Waals surface area contributed by atoms with Crippen molar-refractivity contribution in [2.45, 2.75) is 11.8 Å². The Morgan fingerprint density at radius 1 is 1.09 bits per heavy atom. The number of benzene rings is 1. The third kappa shape index (κ3) is 2.93. The second-order valence-corrected chi connectivity index (χ2v) is 6.03. The van der Waals surface area contributed by atoms with Crippen LogP contribution in [-0.2, 0) is 10.0 Å². The van der Waals surface area contributed by atoms with Crippen LogP contribution in [0.1, 0.15) is 5.69 Å². The highest BCUT2D eigenvalue weighted by atomic mass is 32.2. The van der Waals surface area contributed by atoms with Crippen molar-refractivity contribution in [3.63, 3.8) is 0 Å². The first-order valence-corrected chi connectivity index (χ1v) is 7.74. The van der Waals surface area contributed by atoms with Crippen molar-refractivity contribution in [2.24, 2.45) is 0 Å². The van der Waals surface area contributed by atoms with Crippen molar-refractivity contribution in [1.29, 1.82) is 0 Å². The van der Waals surface area contributed by atoms with E-state index in [1.165, 1.54) is 39.7 Å². The molecular weight excluding hydrogens is 310 g/mol. The monoisotopic (exact) mass is 327 g/mol. The molecule has 9 heteroatoms. The smallest absolute Gasteiger partial charge is 0.265 e. The molecule has 2 rings (SSSR count). The van der Waals surface area contributed by atoms with Crippen LogP contribution in [0.25, 0.3) is 0 Å². The van der Waals surface area contributed by atoms with Gasteiger partial charge in [0.15, 0.2) is 11.5 Å². The molecule has 0 spiro atoms. The molecule has 1 aromatic carbocycles. The first-order valence-electron chi connectivity index (χ1n) is 6.25. The van der Waals surface area contributed by atoms with Crippen molar-refractivity contribution < 1.29 is 22.6 Å².